The Labute approximate surface area is 239 Å². The maximum Gasteiger partial charge on any atom is 0.408 e. The molecule has 1 aromatic heterocycles. The Hall–Kier alpha value is -4.05. The minimum Gasteiger partial charge on any atom is -0.444 e. The zero-order chi connectivity index (χ0) is 29.5. The number of carbonyl (C=O) groups excluding carboxylic acids is 3. The topological polar surface area (TPSA) is 160 Å². The van der Waals surface area contributed by atoms with Gasteiger partial charge in [-0.15, -0.1) is 5.10 Å². The van der Waals surface area contributed by atoms with Gasteiger partial charge in [-0.3, -0.25) is 14.5 Å². The SMILES string of the molecule is CC1CC(C#N)N(C(=O)C(CN2C[C@@H]3CC2C(=O)N3C(C)c2cccc(-c3nnn[nH]3)c2)NC(=O)OC(C)(C)C)C1. The molecule has 2 aromatic rings. The van der Waals surface area contributed by atoms with Gasteiger partial charge in [-0.05, 0) is 68.5 Å². The summed E-state index contributed by atoms with van der Waals surface area (Å²) < 4.78 is 5.44. The van der Waals surface area contributed by atoms with E-state index >= 15 is 0 Å². The molecular formula is C28H37N9O4. The van der Waals surface area contributed by atoms with Gasteiger partial charge in [0.25, 0.3) is 0 Å². The number of fused-ring (bicyclic) bond motifs is 2. The lowest BCUT2D eigenvalue weighted by Gasteiger charge is -2.39. The molecule has 4 heterocycles. The molecule has 0 radical (unpaired) electrons. The summed E-state index contributed by atoms with van der Waals surface area (Å²) in [6.07, 6.45) is 0.531. The van der Waals surface area contributed by atoms with Crippen LogP contribution in [0.25, 0.3) is 11.4 Å². The summed E-state index contributed by atoms with van der Waals surface area (Å²) in [6.45, 7) is 10.4. The summed E-state index contributed by atoms with van der Waals surface area (Å²) in [5, 5.41) is 26.4. The third kappa shape index (κ3) is 5.88. The minimum atomic E-state index is -0.948. The highest BCUT2D eigenvalue weighted by Gasteiger charge is 2.52. The molecule has 13 heteroatoms. The van der Waals surface area contributed by atoms with Crippen LogP contribution in [-0.2, 0) is 14.3 Å². The van der Waals surface area contributed by atoms with Gasteiger partial charge in [0.05, 0.1) is 18.2 Å². The number of likely N-dealkylation sites (tertiary alicyclic amines) is 3. The fraction of sp³-hybridized carbons (Fsp3) is 0.607. The van der Waals surface area contributed by atoms with E-state index in [1.165, 1.54) is 0 Å². The van der Waals surface area contributed by atoms with Crippen molar-refractivity contribution in [1.82, 2.24) is 40.6 Å². The molecule has 218 valence electrons. The van der Waals surface area contributed by atoms with Crippen molar-refractivity contribution in [2.24, 2.45) is 5.92 Å². The Morgan fingerprint density at radius 3 is 2.71 bits per heavy atom. The van der Waals surface area contributed by atoms with Crippen LogP contribution in [0.4, 0.5) is 4.79 Å². The highest BCUT2D eigenvalue weighted by molar-refractivity contribution is 5.88. The van der Waals surface area contributed by atoms with Crippen LogP contribution in [0.1, 0.15) is 59.1 Å². The van der Waals surface area contributed by atoms with Gasteiger partial charge < -0.3 is 19.9 Å². The number of tetrazole rings is 1. The maximum absolute atomic E-state index is 13.7. The second kappa shape index (κ2) is 11.1. The molecule has 0 spiro atoms. The number of amides is 3. The number of hydrogen-bond donors (Lipinski definition) is 2. The Kier molecular flexibility index (Phi) is 7.70. The van der Waals surface area contributed by atoms with E-state index in [9.17, 15) is 19.6 Å². The third-order valence-corrected chi connectivity index (χ3v) is 8.07. The van der Waals surface area contributed by atoms with Gasteiger partial charge in [-0.25, -0.2) is 9.89 Å². The molecule has 0 saturated carbocycles. The van der Waals surface area contributed by atoms with Crippen molar-refractivity contribution in [2.45, 2.75) is 83.3 Å². The number of aromatic amines is 1. The fourth-order valence-corrected chi connectivity index (χ4v) is 6.27. The van der Waals surface area contributed by atoms with Crippen molar-refractivity contribution >= 4 is 17.9 Å². The predicted octanol–water partition coefficient (Wildman–Crippen LogP) is 1.87. The number of hydrogen-bond acceptors (Lipinski definition) is 9. The van der Waals surface area contributed by atoms with Crippen LogP contribution in [0.3, 0.4) is 0 Å². The van der Waals surface area contributed by atoms with Gasteiger partial charge in [-0.1, -0.05) is 25.1 Å². The second-order valence-electron chi connectivity index (χ2n) is 12.3. The van der Waals surface area contributed by atoms with Crippen molar-refractivity contribution in [1.29, 1.82) is 5.26 Å². The average molecular weight is 564 g/mol. The summed E-state index contributed by atoms with van der Waals surface area (Å²) >= 11 is 0. The van der Waals surface area contributed by atoms with E-state index in [1.807, 2.05) is 47.9 Å². The van der Waals surface area contributed by atoms with Gasteiger partial charge in [0, 0.05) is 31.2 Å². The number of H-pyrrole nitrogens is 1. The summed E-state index contributed by atoms with van der Waals surface area (Å²) in [6, 6.07) is 7.91. The van der Waals surface area contributed by atoms with E-state index in [0.717, 1.165) is 11.1 Å². The van der Waals surface area contributed by atoms with Gasteiger partial charge in [-0.2, -0.15) is 5.26 Å². The number of carbonyl (C=O) groups is 3. The Balaban J connectivity index is 1.30. The summed E-state index contributed by atoms with van der Waals surface area (Å²) in [4.78, 5) is 45.5. The molecule has 5 rings (SSSR count). The van der Waals surface area contributed by atoms with Crippen molar-refractivity contribution in [3.63, 3.8) is 0 Å². The summed E-state index contributed by atoms with van der Waals surface area (Å²) in [5.41, 5.74) is 1.06. The molecule has 2 bridgehead atoms. The Morgan fingerprint density at radius 1 is 1.27 bits per heavy atom. The first-order valence-electron chi connectivity index (χ1n) is 14.0. The largest absolute Gasteiger partial charge is 0.444 e. The molecule has 6 atom stereocenters. The molecule has 13 nitrogen and oxygen atoms in total. The van der Waals surface area contributed by atoms with E-state index in [2.05, 4.69) is 32.0 Å². The number of piperazine rings is 1. The molecular weight excluding hydrogens is 526 g/mol. The lowest BCUT2D eigenvalue weighted by molar-refractivity contribution is -0.141. The standard InChI is InChI=1S/C28H37N9O4/c1-16-9-20(12-29)36(13-16)25(38)22(30-27(40)41-28(3,4)5)15-35-14-21-11-23(35)26(39)37(21)17(2)18-7-6-8-19(10-18)24-31-33-34-32-24/h6-8,10,16-17,20-23H,9,11,13-15H2,1-5H3,(H,30,40)(H,31,32,33,34)/t16?,17?,20?,21-,22?,23?/m0/s1. The molecule has 5 unspecified atom stereocenters. The van der Waals surface area contributed by atoms with Crippen molar-refractivity contribution in [3.8, 4) is 17.5 Å². The highest BCUT2D eigenvalue weighted by atomic mass is 16.6. The van der Waals surface area contributed by atoms with Crippen molar-refractivity contribution < 1.29 is 19.1 Å². The molecule has 1 aromatic carbocycles. The zero-order valence-corrected chi connectivity index (χ0v) is 24.1. The van der Waals surface area contributed by atoms with Crippen molar-refractivity contribution in [2.75, 3.05) is 19.6 Å². The van der Waals surface area contributed by atoms with E-state index in [-0.39, 0.29) is 36.4 Å². The molecule has 3 saturated heterocycles. The van der Waals surface area contributed by atoms with Gasteiger partial charge in [0.2, 0.25) is 11.8 Å². The minimum absolute atomic E-state index is 0.00588. The van der Waals surface area contributed by atoms with Crippen LogP contribution in [-0.4, -0.2) is 103 Å². The lowest BCUT2D eigenvalue weighted by atomic mass is 10.0. The first-order valence-corrected chi connectivity index (χ1v) is 14.0. The van der Waals surface area contributed by atoms with Crippen LogP contribution in [0.2, 0.25) is 0 Å². The van der Waals surface area contributed by atoms with Gasteiger partial charge in [0.15, 0.2) is 5.82 Å². The number of alkyl carbamates (subject to hydrolysis) is 1. The average Bonchev–Trinajstić information content (AvgIpc) is 3.71. The van der Waals surface area contributed by atoms with Crippen LogP contribution >= 0.6 is 0 Å². The zero-order valence-electron chi connectivity index (χ0n) is 24.1. The molecule has 41 heavy (non-hydrogen) atoms. The maximum atomic E-state index is 13.7. The summed E-state index contributed by atoms with van der Waals surface area (Å²) in [5.74, 6) is 0.405. The fourth-order valence-electron chi connectivity index (χ4n) is 6.27. The summed E-state index contributed by atoms with van der Waals surface area (Å²) in [7, 11) is 0. The second-order valence-corrected chi connectivity index (χ2v) is 12.3. The predicted molar refractivity (Wildman–Crippen MR) is 147 cm³/mol. The van der Waals surface area contributed by atoms with E-state index in [0.29, 0.717) is 31.8 Å². The molecule has 3 fully saturated rings. The van der Waals surface area contributed by atoms with Crippen LogP contribution in [0, 0.1) is 17.2 Å². The quantitative estimate of drug-likeness (QED) is 0.512. The van der Waals surface area contributed by atoms with Crippen LogP contribution < -0.4 is 5.32 Å². The monoisotopic (exact) mass is 563 g/mol. The van der Waals surface area contributed by atoms with Gasteiger partial charge in [0.1, 0.15) is 17.7 Å². The molecule has 2 N–H and O–H groups in total. The van der Waals surface area contributed by atoms with Gasteiger partial charge >= 0.3 is 6.09 Å². The molecule has 3 aliphatic rings. The number of nitrogens with zero attached hydrogens (tertiary/aromatic N) is 7. The van der Waals surface area contributed by atoms with E-state index < -0.39 is 29.8 Å². The first-order chi connectivity index (χ1) is 19.4. The lowest BCUT2D eigenvalue weighted by Crippen LogP contribution is -2.59. The number of ether oxygens (including phenoxy) is 1. The normalized spacial score (nSPS) is 25.7. The number of rotatable bonds is 7. The first kappa shape index (κ1) is 28.5. The molecule has 0 aliphatic carbocycles. The Bertz CT molecular complexity index is 1330. The van der Waals surface area contributed by atoms with E-state index in [1.54, 1.807) is 25.7 Å². The number of aromatic nitrogens is 4. The smallest absolute Gasteiger partial charge is 0.408 e. The third-order valence-electron chi connectivity index (χ3n) is 8.07. The molecule has 3 aliphatic heterocycles. The highest BCUT2D eigenvalue weighted by Crippen LogP contribution is 2.38. The van der Waals surface area contributed by atoms with Crippen LogP contribution in [0.15, 0.2) is 24.3 Å². The van der Waals surface area contributed by atoms with Crippen molar-refractivity contribution in [3.05, 3.63) is 29.8 Å². The number of nitrogens with one attached hydrogen (secondary N) is 2. The van der Waals surface area contributed by atoms with Crippen LogP contribution in [0.5, 0.6) is 0 Å². The number of nitriles is 1. The Morgan fingerprint density at radius 2 is 2.05 bits per heavy atom. The molecule has 3 amide bonds. The van der Waals surface area contributed by atoms with E-state index in [4.69, 9.17) is 4.74 Å². The number of benzene rings is 1.